The molecule has 1 aliphatic heterocycles. The number of anilines is 1. The SMILES string of the molecule is NS(=O)(=O)c1ccccc1N1CCOC(CC(=O)O)C1. The summed E-state index contributed by atoms with van der Waals surface area (Å²) in [7, 11) is -3.82. The zero-order valence-electron chi connectivity index (χ0n) is 10.7. The van der Waals surface area contributed by atoms with Gasteiger partial charge in [-0.25, -0.2) is 13.6 Å². The van der Waals surface area contributed by atoms with E-state index in [4.69, 9.17) is 15.0 Å². The number of carboxylic acids is 1. The van der Waals surface area contributed by atoms with Crippen LogP contribution in [0.25, 0.3) is 0 Å². The Balaban J connectivity index is 2.25. The molecule has 0 spiro atoms. The number of primary sulfonamides is 1. The van der Waals surface area contributed by atoms with Crippen molar-refractivity contribution in [3.8, 4) is 0 Å². The third-order valence-corrected chi connectivity index (χ3v) is 4.01. The van der Waals surface area contributed by atoms with Gasteiger partial charge in [-0.1, -0.05) is 12.1 Å². The molecule has 1 saturated heterocycles. The van der Waals surface area contributed by atoms with Gasteiger partial charge in [-0.3, -0.25) is 4.79 Å². The molecule has 1 atom stereocenters. The fourth-order valence-electron chi connectivity index (χ4n) is 2.22. The fraction of sp³-hybridized carbons (Fsp3) is 0.417. The zero-order chi connectivity index (χ0) is 14.8. The van der Waals surface area contributed by atoms with Crippen molar-refractivity contribution in [1.82, 2.24) is 0 Å². The highest BCUT2D eigenvalue weighted by Gasteiger charge is 2.26. The molecule has 0 amide bonds. The summed E-state index contributed by atoms with van der Waals surface area (Å²) in [5, 5.41) is 14.0. The van der Waals surface area contributed by atoms with Crippen LogP contribution in [0.3, 0.4) is 0 Å². The molecule has 20 heavy (non-hydrogen) atoms. The second-order valence-electron chi connectivity index (χ2n) is 4.55. The first-order valence-electron chi connectivity index (χ1n) is 6.08. The van der Waals surface area contributed by atoms with Crippen LogP contribution in [0.5, 0.6) is 0 Å². The molecular formula is C12H16N2O5S. The number of para-hydroxylation sites is 1. The Hall–Kier alpha value is -1.64. The summed E-state index contributed by atoms with van der Waals surface area (Å²) in [6.07, 6.45) is -0.580. The molecule has 0 saturated carbocycles. The quantitative estimate of drug-likeness (QED) is 0.810. The van der Waals surface area contributed by atoms with Crippen LogP contribution in [0.2, 0.25) is 0 Å². The van der Waals surface area contributed by atoms with Crippen LogP contribution in [-0.4, -0.2) is 45.3 Å². The van der Waals surface area contributed by atoms with Crippen LogP contribution >= 0.6 is 0 Å². The van der Waals surface area contributed by atoms with E-state index in [9.17, 15) is 13.2 Å². The van der Waals surface area contributed by atoms with E-state index in [0.29, 0.717) is 25.4 Å². The van der Waals surface area contributed by atoms with Crippen molar-refractivity contribution in [1.29, 1.82) is 0 Å². The number of hydrogen-bond acceptors (Lipinski definition) is 5. The number of aliphatic carboxylic acids is 1. The third-order valence-electron chi connectivity index (χ3n) is 3.05. The normalized spacial score (nSPS) is 19.9. The predicted octanol–water partition coefficient (Wildman–Crippen LogP) is 0.0139. The number of nitrogens with zero attached hydrogens (tertiary/aromatic N) is 1. The van der Waals surface area contributed by atoms with Gasteiger partial charge in [-0.2, -0.15) is 0 Å². The van der Waals surface area contributed by atoms with Crippen LogP contribution in [0.15, 0.2) is 29.2 Å². The van der Waals surface area contributed by atoms with E-state index in [1.165, 1.54) is 6.07 Å². The number of morpholine rings is 1. The van der Waals surface area contributed by atoms with E-state index in [0.717, 1.165) is 0 Å². The minimum absolute atomic E-state index is 0.0379. The van der Waals surface area contributed by atoms with E-state index < -0.39 is 22.1 Å². The summed E-state index contributed by atoms with van der Waals surface area (Å²) >= 11 is 0. The molecule has 1 fully saturated rings. The van der Waals surface area contributed by atoms with Crippen molar-refractivity contribution >= 4 is 21.7 Å². The first-order chi connectivity index (χ1) is 9.38. The molecule has 0 bridgehead atoms. The largest absolute Gasteiger partial charge is 0.481 e. The van der Waals surface area contributed by atoms with E-state index in [2.05, 4.69) is 0 Å². The minimum atomic E-state index is -3.82. The Morgan fingerprint density at radius 3 is 2.80 bits per heavy atom. The lowest BCUT2D eigenvalue weighted by Gasteiger charge is -2.34. The molecule has 110 valence electrons. The smallest absolute Gasteiger partial charge is 0.306 e. The predicted molar refractivity (Wildman–Crippen MR) is 72.0 cm³/mol. The molecule has 8 heteroatoms. The van der Waals surface area contributed by atoms with Gasteiger partial charge in [-0.15, -0.1) is 0 Å². The highest BCUT2D eigenvalue weighted by Crippen LogP contribution is 2.26. The molecule has 0 aliphatic carbocycles. The number of carboxylic acid groups (broad SMARTS) is 1. The first kappa shape index (κ1) is 14.8. The number of nitrogens with two attached hydrogens (primary N) is 1. The maximum atomic E-state index is 11.6. The Labute approximate surface area is 117 Å². The maximum absolute atomic E-state index is 11.6. The van der Waals surface area contributed by atoms with E-state index >= 15 is 0 Å². The minimum Gasteiger partial charge on any atom is -0.481 e. The van der Waals surface area contributed by atoms with Crippen molar-refractivity contribution in [2.75, 3.05) is 24.6 Å². The topological polar surface area (TPSA) is 110 Å². The Morgan fingerprint density at radius 1 is 1.45 bits per heavy atom. The molecule has 1 aromatic carbocycles. The monoisotopic (exact) mass is 300 g/mol. The van der Waals surface area contributed by atoms with Gasteiger partial charge >= 0.3 is 5.97 Å². The van der Waals surface area contributed by atoms with Crippen LogP contribution in [0.1, 0.15) is 6.42 Å². The average Bonchev–Trinajstić information content (AvgIpc) is 2.37. The van der Waals surface area contributed by atoms with Crippen LogP contribution in [0.4, 0.5) is 5.69 Å². The molecule has 3 N–H and O–H groups in total. The molecule has 0 aromatic heterocycles. The van der Waals surface area contributed by atoms with Crippen molar-refractivity contribution in [3.63, 3.8) is 0 Å². The van der Waals surface area contributed by atoms with Gasteiger partial charge in [0.25, 0.3) is 0 Å². The number of benzene rings is 1. The van der Waals surface area contributed by atoms with E-state index in [-0.39, 0.29) is 11.3 Å². The maximum Gasteiger partial charge on any atom is 0.306 e. The molecule has 2 rings (SSSR count). The van der Waals surface area contributed by atoms with Crippen LogP contribution < -0.4 is 10.0 Å². The summed E-state index contributed by atoms with van der Waals surface area (Å²) in [5.41, 5.74) is 0.480. The molecule has 7 nitrogen and oxygen atoms in total. The summed E-state index contributed by atoms with van der Waals surface area (Å²) in [4.78, 5) is 12.5. The molecule has 1 aliphatic rings. The Kier molecular flexibility index (Phi) is 4.26. The van der Waals surface area contributed by atoms with Gasteiger partial charge in [-0.05, 0) is 12.1 Å². The molecule has 1 heterocycles. The van der Waals surface area contributed by atoms with Crippen molar-refractivity contribution in [3.05, 3.63) is 24.3 Å². The summed E-state index contributed by atoms with van der Waals surface area (Å²) in [6.45, 7) is 1.15. The highest BCUT2D eigenvalue weighted by atomic mass is 32.2. The van der Waals surface area contributed by atoms with Crippen LogP contribution in [-0.2, 0) is 19.6 Å². The lowest BCUT2D eigenvalue weighted by atomic mass is 10.2. The van der Waals surface area contributed by atoms with Crippen molar-refractivity contribution in [2.24, 2.45) is 5.14 Å². The van der Waals surface area contributed by atoms with E-state index in [1.54, 1.807) is 23.1 Å². The molecular weight excluding hydrogens is 284 g/mol. The second-order valence-corrected chi connectivity index (χ2v) is 6.08. The average molecular weight is 300 g/mol. The molecule has 1 aromatic rings. The Morgan fingerprint density at radius 2 is 2.15 bits per heavy atom. The van der Waals surface area contributed by atoms with Gasteiger partial charge in [0.05, 0.1) is 24.8 Å². The second kappa shape index (κ2) is 5.78. The fourth-order valence-corrected chi connectivity index (χ4v) is 2.97. The summed E-state index contributed by atoms with van der Waals surface area (Å²) < 4.78 is 28.5. The molecule has 0 radical (unpaired) electrons. The third kappa shape index (κ3) is 3.47. The lowest BCUT2D eigenvalue weighted by molar-refractivity contribution is -0.140. The van der Waals surface area contributed by atoms with Gasteiger partial charge in [0.1, 0.15) is 4.90 Å². The zero-order valence-corrected chi connectivity index (χ0v) is 11.5. The standard InChI is InChI=1S/C12H16N2O5S/c13-20(17,18)11-4-2-1-3-10(11)14-5-6-19-9(8-14)7-12(15)16/h1-4,9H,5-8H2,(H,15,16)(H2,13,17,18). The summed E-state index contributed by atoms with van der Waals surface area (Å²) in [6, 6.07) is 6.40. The highest BCUT2D eigenvalue weighted by molar-refractivity contribution is 7.89. The van der Waals surface area contributed by atoms with E-state index in [1.807, 2.05) is 0 Å². The number of ether oxygens (including phenoxy) is 1. The molecule has 1 unspecified atom stereocenters. The number of sulfonamides is 1. The van der Waals surface area contributed by atoms with Crippen LogP contribution in [0, 0.1) is 0 Å². The Bertz CT molecular complexity index is 602. The van der Waals surface area contributed by atoms with Gasteiger partial charge in [0, 0.05) is 13.1 Å². The summed E-state index contributed by atoms with van der Waals surface area (Å²) in [5.74, 6) is -0.948. The van der Waals surface area contributed by atoms with Gasteiger partial charge < -0.3 is 14.7 Å². The first-order valence-corrected chi connectivity index (χ1v) is 7.63. The lowest BCUT2D eigenvalue weighted by Crippen LogP contribution is -2.44. The van der Waals surface area contributed by atoms with Gasteiger partial charge in [0.2, 0.25) is 10.0 Å². The number of rotatable bonds is 4. The van der Waals surface area contributed by atoms with Gasteiger partial charge in [0.15, 0.2) is 0 Å². The number of hydrogen-bond donors (Lipinski definition) is 2. The van der Waals surface area contributed by atoms with Crippen molar-refractivity contribution < 1.29 is 23.1 Å². The number of carbonyl (C=O) groups is 1. The van der Waals surface area contributed by atoms with Crippen molar-refractivity contribution in [2.45, 2.75) is 17.4 Å².